The molecule has 1 heterocycles. The summed E-state index contributed by atoms with van der Waals surface area (Å²) >= 11 is 0. The van der Waals surface area contributed by atoms with Crippen LogP contribution in [-0.4, -0.2) is 21.8 Å². The van der Waals surface area contributed by atoms with Gasteiger partial charge in [0, 0.05) is 7.05 Å². The minimum Gasteiger partial charge on any atom is -0.368 e. The Balaban J connectivity index is 2.88. The zero-order valence-electron chi connectivity index (χ0n) is 7.00. The second-order valence-electron chi connectivity index (χ2n) is 2.46. The van der Waals surface area contributed by atoms with Crippen molar-refractivity contribution in [2.24, 2.45) is 7.05 Å². The molecule has 0 aliphatic carbocycles. The fourth-order valence-electron chi connectivity index (χ4n) is 0.730. The molecule has 0 bridgehead atoms. The van der Waals surface area contributed by atoms with Gasteiger partial charge in [0.25, 0.3) is 0 Å². The van der Waals surface area contributed by atoms with Crippen molar-refractivity contribution in [3.63, 3.8) is 0 Å². The summed E-state index contributed by atoms with van der Waals surface area (Å²) in [5, 5.41) is 7.13. The molecule has 1 rings (SSSR count). The van der Waals surface area contributed by atoms with Crippen molar-refractivity contribution < 1.29 is 0 Å². The number of nitrogens with two attached hydrogens (primary N) is 1. The van der Waals surface area contributed by atoms with Gasteiger partial charge in [0.15, 0.2) is 5.82 Å². The topological polar surface area (TPSA) is 68.8 Å². The first-order valence-corrected chi connectivity index (χ1v) is 3.49. The number of nitrogens with one attached hydrogen (secondary N) is 1. The minimum atomic E-state index is 0.151. The van der Waals surface area contributed by atoms with E-state index in [0.717, 1.165) is 5.82 Å². The van der Waals surface area contributed by atoms with Crippen molar-refractivity contribution in [2.75, 3.05) is 12.8 Å². The first-order valence-electron chi connectivity index (χ1n) is 3.49. The monoisotopic (exact) mass is 155 g/mol. The number of hydrogen-bond donors (Lipinski definition) is 2. The molecule has 5 heteroatoms. The number of nitrogen functional groups attached to an aromatic ring is 1. The third-order valence-corrected chi connectivity index (χ3v) is 1.63. The molecule has 11 heavy (non-hydrogen) atoms. The molecule has 1 atom stereocenters. The van der Waals surface area contributed by atoms with Crippen LogP contribution in [0.15, 0.2) is 0 Å². The summed E-state index contributed by atoms with van der Waals surface area (Å²) in [5.74, 6) is 1.18. The molecule has 0 aromatic carbocycles. The lowest BCUT2D eigenvalue weighted by molar-refractivity contribution is 0.600. The van der Waals surface area contributed by atoms with Crippen LogP contribution in [0.4, 0.5) is 5.95 Å². The Labute approximate surface area is 65.6 Å². The lowest BCUT2D eigenvalue weighted by Crippen LogP contribution is -2.14. The normalized spacial score (nSPS) is 13.4. The van der Waals surface area contributed by atoms with Crippen LogP contribution in [0.1, 0.15) is 18.8 Å². The van der Waals surface area contributed by atoms with Crippen molar-refractivity contribution in [1.82, 2.24) is 20.1 Å². The maximum Gasteiger partial charge on any atom is 0.218 e. The van der Waals surface area contributed by atoms with Gasteiger partial charge in [-0.3, -0.25) is 0 Å². The molecule has 62 valence electrons. The van der Waals surface area contributed by atoms with Crippen molar-refractivity contribution in [3.8, 4) is 0 Å². The molecular formula is C6H13N5. The van der Waals surface area contributed by atoms with E-state index in [1.165, 1.54) is 0 Å². The van der Waals surface area contributed by atoms with E-state index in [-0.39, 0.29) is 6.04 Å². The average Bonchev–Trinajstić information content (AvgIpc) is 2.31. The second kappa shape index (κ2) is 2.87. The third kappa shape index (κ3) is 1.48. The first kappa shape index (κ1) is 8.00. The Hall–Kier alpha value is -1.10. The van der Waals surface area contributed by atoms with Gasteiger partial charge in [0.05, 0.1) is 6.04 Å². The molecule has 0 fully saturated rings. The average molecular weight is 155 g/mol. The molecule has 1 unspecified atom stereocenters. The number of rotatable bonds is 2. The van der Waals surface area contributed by atoms with E-state index in [1.54, 1.807) is 11.7 Å². The Morgan fingerprint density at radius 2 is 2.27 bits per heavy atom. The van der Waals surface area contributed by atoms with Gasteiger partial charge in [0.2, 0.25) is 5.95 Å². The summed E-state index contributed by atoms with van der Waals surface area (Å²) < 4.78 is 1.56. The SMILES string of the molecule is CNC(C)c1nc(N)n(C)n1. The Kier molecular flexibility index (Phi) is 2.09. The molecule has 3 N–H and O–H groups in total. The molecule has 0 amide bonds. The van der Waals surface area contributed by atoms with Crippen LogP contribution in [0.5, 0.6) is 0 Å². The van der Waals surface area contributed by atoms with Crippen LogP contribution in [0.2, 0.25) is 0 Å². The predicted molar refractivity (Wildman–Crippen MR) is 42.9 cm³/mol. The fourth-order valence-corrected chi connectivity index (χ4v) is 0.730. The molecule has 5 nitrogen and oxygen atoms in total. The van der Waals surface area contributed by atoms with Gasteiger partial charge in [-0.15, -0.1) is 0 Å². The molecule has 0 spiro atoms. The largest absolute Gasteiger partial charge is 0.368 e. The van der Waals surface area contributed by atoms with Gasteiger partial charge in [-0.2, -0.15) is 10.1 Å². The number of aromatic nitrogens is 3. The Morgan fingerprint density at radius 1 is 1.64 bits per heavy atom. The maximum atomic E-state index is 5.49. The molecule has 0 saturated carbocycles. The van der Waals surface area contributed by atoms with E-state index in [1.807, 2.05) is 14.0 Å². The summed E-state index contributed by atoms with van der Waals surface area (Å²) in [4.78, 5) is 4.05. The van der Waals surface area contributed by atoms with E-state index >= 15 is 0 Å². The number of anilines is 1. The van der Waals surface area contributed by atoms with Crippen molar-refractivity contribution in [1.29, 1.82) is 0 Å². The van der Waals surface area contributed by atoms with Gasteiger partial charge in [-0.05, 0) is 14.0 Å². The van der Waals surface area contributed by atoms with Gasteiger partial charge in [-0.25, -0.2) is 4.68 Å². The maximum absolute atomic E-state index is 5.49. The first-order chi connectivity index (χ1) is 5.15. The highest BCUT2D eigenvalue weighted by atomic mass is 15.4. The van der Waals surface area contributed by atoms with E-state index < -0.39 is 0 Å². The summed E-state index contributed by atoms with van der Waals surface area (Å²) in [6.07, 6.45) is 0. The zero-order chi connectivity index (χ0) is 8.43. The van der Waals surface area contributed by atoms with Crippen LogP contribution >= 0.6 is 0 Å². The smallest absolute Gasteiger partial charge is 0.218 e. The van der Waals surface area contributed by atoms with Gasteiger partial charge in [0.1, 0.15) is 0 Å². The lowest BCUT2D eigenvalue weighted by atomic mass is 10.3. The second-order valence-corrected chi connectivity index (χ2v) is 2.46. The van der Waals surface area contributed by atoms with Crippen molar-refractivity contribution in [2.45, 2.75) is 13.0 Å². The zero-order valence-corrected chi connectivity index (χ0v) is 7.00. The van der Waals surface area contributed by atoms with E-state index in [4.69, 9.17) is 5.73 Å². The molecule has 0 aliphatic rings. The summed E-state index contributed by atoms with van der Waals surface area (Å²) in [6.45, 7) is 1.98. The van der Waals surface area contributed by atoms with Crippen LogP contribution in [0, 0.1) is 0 Å². The molecular weight excluding hydrogens is 142 g/mol. The highest BCUT2D eigenvalue weighted by Crippen LogP contribution is 2.06. The van der Waals surface area contributed by atoms with Crippen LogP contribution < -0.4 is 11.1 Å². The Morgan fingerprint density at radius 3 is 2.64 bits per heavy atom. The molecule has 1 aromatic heterocycles. The van der Waals surface area contributed by atoms with E-state index in [0.29, 0.717) is 5.95 Å². The predicted octanol–water partition coefficient (Wildman–Crippen LogP) is -0.322. The summed E-state index contributed by atoms with van der Waals surface area (Å²) in [6, 6.07) is 0.151. The van der Waals surface area contributed by atoms with E-state index in [2.05, 4.69) is 15.4 Å². The van der Waals surface area contributed by atoms with Crippen molar-refractivity contribution >= 4 is 5.95 Å². The van der Waals surface area contributed by atoms with E-state index in [9.17, 15) is 0 Å². The fraction of sp³-hybridized carbons (Fsp3) is 0.667. The minimum absolute atomic E-state index is 0.151. The standard InChI is InChI=1S/C6H13N5/c1-4(8-2)5-9-6(7)11(3)10-5/h4,8H,1-3H3,(H2,7,9,10). The molecule has 0 saturated heterocycles. The lowest BCUT2D eigenvalue weighted by Gasteiger charge is -2.02. The van der Waals surface area contributed by atoms with Crippen LogP contribution in [-0.2, 0) is 7.05 Å². The number of hydrogen-bond acceptors (Lipinski definition) is 4. The number of aryl methyl sites for hydroxylation is 1. The highest BCUT2D eigenvalue weighted by Gasteiger charge is 2.09. The van der Waals surface area contributed by atoms with Crippen molar-refractivity contribution in [3.05, 3.63) is 5.82 Å². The summed E-state index contributed by atoms with van der Waals surface area (Å²) in [5.41, 5.74) is 5.49. The van der Waals surface area contributed by atoms with Gasteiger partial charge >= 0.3 is 0 Å². The molecule has 1 aromatic rings. The number of nitrogens with zero attached hydrogens (tertiary/aromatic N) is 3. The van der Waals surface area contributed by atoms with Crippen LogP contribution in [0.25, 0.3) is 0 Å². The van der Waals surface area contributed by atoms with Gasteiger partial charge < -0.3 is 11.1 Å². The highest BCUT2D eigenvalue weighted by molar-refractivity contribution is 5.16. The molecule has 0 aliphatic heterocycles. The Bertz CT molecular complexity index is 222. The third-order valence-electron chi connectivity index (χ3n) is 1.63. The quantitative estimate of drug-likeness (QED) is 0.614. The summed E-state index contributed by atoms with van der Waals surface area (Å²) in [7, 11) is 3.63. The van der Waals surface area contributed by atoms with Crippen LogP contribution in [0.3, 0.4) is 0 Å². The van der Waals surface area contributed by atoms with Gasteiger partial charge in [-0.1, -0.05) is 0 Å². The molecule has 0 radical (unpaired) electrons.